The fourth-order valence-electron chi connectivity index (χ4n) is 6.35. The third-order valence-corrected chi connectivity index (χ3v) is 6.49. The Kier molecular flexibility index (Phi) is 3.19. The van der Waals surface area contributed by atoms with Crippen molar-refractivity contribution in [1.82, 2.24) is 0 Å². The maximum atomic E-state index is 6.65. The van der Waals surface area contributed by atoms with E-state index in [1.54, 1.807) is 0 Å². The van der Waals surface area contributed by atoms with Crippen LogP contribution in [0.25, 0.3) is 0 Å². The van der Waals surface area contributed by atoms with Crippen LogP contribution < -0.4 is 5.73 Å². The van der Waals surface area contributed by atoms with Gasteiger partial charge in [0.2, 0.25) is 0 Å². The predicted molar refractivity (Wildman–Crippen MR) is 88.1 cm³/mol. The number of hydrogen-bond acceptors (Lipinski definition) is 1. The highest BCUT2D eigenvalue weighted by Gasteiger charge is 2.51. The third-order valence-electron chi connectivity index (χ3n) is 6.49. The van der Waals surface area contributed by atoms with Crippen LogP contribution in [0.2, 0.25) is 0 Å². The van der Waals surface area contributed by atoms with Gasteiger partial charge in [-0.15, -0.1) is 0 Å². The summed E-state index contributed by atoms with van der Waals surface area (Å²) in [7, 11) is 0. The van der Waals surface area contributed by atoms with Gasteiger partial charge in [0.05, 0.1) is 0 Å². The van der Waals surface area contributed by atoms with Gasteiger partial charge in [0.15, 0.2) is 0 Å². The van der Waals surface area contributed by atoms with Crippen molar-refractivity contribution in [2.45, 2.75) is 64.8 Å². The molecule has 1 unspecified atom stereocenters. The van der Waals surface area contributed by atoms with E-state index in [-0.39, 0.29) is 6.04 Å². The number of aryl methyl sites for hydroxylation is 2. The Morgan fingerprint density at radius 3 is 1.90 bits per heavy atom. The molecule has 0 spiro atoms. The molecule has 1 aromatic carbocycles. The van der Waals surface area contributed by atoms with E-state index in [0.29, 0.717) is 5.41 Å². The summed E-state index contributed by atoms with van der Waals surface area (Å²) in [6, 6.07) is 7.09. The Balaban J connectivity index is 1.55. The summed E-state index contributed by atoms with van der Waals surface area (Å²) in [5, 5.41) is 0. The van der Waals surface area contributed by atoms with Crippen molar-refractivity contribution in [2.75, 3.05) is 0 Å². The lowest BCUT2D eigenvalue weighted by molar-refractivity contribution is -0.0605. The quantitative estimate of drug-likeness (QED) is 0.838. The van der Waals surface area contributed by atoms with Gasteiger partial charge in [-0.1, -0.05) is 29.3 Å². The molecule has 21 heavy (non-hydrogen) atoms. The molecule has 4 aliphatic rings. The molecule has 5 rings (SSSR count). The minimum atomic E-state index is 0.236. The molecule has 4 fully saturated rings. The first-order valence-corrected chi connectivity index (χ1v) is 8.85. The first-order valence-electron chi connectivity index (χ1n) is 8.85. The minimum absolute atomic E-state index is 0.236. The van der Waals surface area contributed by atoms with Crippen LogP contribution >= 0.6 is 0 Å². The lowest BCUT2D eigenvalue weighted by Gasteiger charge is -2.57. The molecule has 1 heteroatoms. The first-order chi connectivity index (χ1) is 10.0. The molecule has 4 aliphatic carbocycles. The van der Waals surface area contributed by atoms with E-state index in [1.807, 2.05) is 0 Å². The lowest BCUT2D eigenvalue weighted by atomic mass is 9.48. The normalized spacial score (nSPS) is 38.7. The van der Waals surface area contributed by atoms with Crippen LogP contribution in [0.15, 0.2) is 18.2 Å². The Labute approximate surface area is 129 Å². The fourth-order valence-corrected chi connectivity index (χ4v) is 6.35. The van der Waals surface area contributed by atoms with E-state index in [0.717, 1.165) is 17.8 Å². The van der Waals surface area contributed by atoms with E-state index in [4.69, 9.17) is 5.73 Å². The summed E-state index contributed by atoms with van der Waals surface area (Å²) in [4.78, 5) is 0. The second-order valence-electron chi connectivity index (χ2n) is 8.65. The Bertz CT molecular complexity index is 489. The van der Waals surface area contributed by atoms with Crippen molar-refractivity contribution in [3.63, 3.8) is 0 Å². The van der Waals surface area contributed by atoms with Gasteiger partial charge >= 0.3 is 0 Å². The van der Waals surface area contributed by atoms with Crippen LogP contribution in [0.4, 0.5) is 0 Å². The SMILES string of the molecule is Cc1cc(C)cc(C(N)CC23CC4CC(CC(C4)C2)C3)c1. The molecule has 1 nitrogen and oxygen atoms in total. The van der Waals surface area contributed by atoms with Crippen LogP contribution in [0.5, 0.6) is 0 Å². The van der Waals surface area contributed by atoms with E-state index in [9.17, 15) is 0 Å². The van der Waals surface area contributed by atoms with E-state index in [2.05, 4.69) is 32.0 Å². The Hall–Kier alpha value is -0.820. The molecule has 4 saturated carbocycles. The van der Waals surface area contributed by atoms with Crippen LogP contribution in [0.1, 0.15) is 67.7 Å². The summed E-state index contributed by atoms with van der Waals surface area (Å²) >= 11 is 0. The fraction of sp³-hybridized carbons (Fsp3) is 0.700. The average molecular weight is 283 g/mol. The van der Waals surface area contributed by atoms with Crippen LogP contribution in [-0.4, -0.2) is 0 Å². The van der Waals surface area contributed by atoms with E-state index in [1.165, 1.54) is 61.6 Å². The zero-order valence-corrected chi connectivity index (χ0v) is 13.6. The minimum Gasteiger partial charge on any atom is -0.324 e. The predicted octanol–water partition coefficient (Wildman–Crippen LogP) is 4.91. The highest BCUT2D eigenvalue weighted by molar-refractivity contribution is 5.30. The van der Waals surface area contributed by atoms with Crippen molar-refractivity contribution < 1.29 is 0 Å². The molecule has 0 aromatic heterocycles. The molecule has 4 bridgehead atoms. The number of nitrogens with two attached hydrogens (primary N) is 1. The van der Waals surface area contributed by atoms with E-state index >= 15 is 0 Å². The highest BCUT2D eigenvalue weighted by Crippen LogP contribution is 2.62. The molecule has 0 amide bonds. The second-order valence-corrected chi connectivity index (χ2v) is 8.65. The summed E-state index contributed by atoms with van der Waals surface area (Å²) in [5.74, 6) is 3.09. The van der Waals surface area contributed by atoms with Crippen molar-refractivity contribution >= 4 is 0 Å². The molecular weight excluding hydrogens is 254 g/mol. The zero-order valence-electron chi connectivity index (χ0n) is 13.6. The smallest absolute Gasteiger partial charge is 0.0300 e. The summed E-state index contributed by atoms with van der Waals surface area (Å²) in [5.41, 5.74) is 11.3. The van der Waals surface area contributed by atoms with Gasteiger partial charge in [0.25, 0.3) is 0 Å². The van der Waals surface area contributed by atoms with Gasteiger partial charge in [-0.25, -0.2) is 0 Å². The number of rotatable bonds is 3. The van der Waals surface area contributed by atoms with Gasteiger partial charge in [0.1, 0.15) is 0 Å². The van der Waals surface area contributed by atoms with Crippen molar-refractivity contribution in [2.24, 2.45) is 28.9 Å². The van der Waals surface area contributed by atoms with Gasteiger partial charge in [0, 0.05) is 6.04 Å². The summed E-state index contributed by atoms with van der Waals surface area (Å²) in [6.07, 6.45) is 10.2. The van der Waals surface area contributed by atoms with Crippen molar-refractivity contribution in [1.29, 1.82) is 0 Å². The number of benzene rings is 1. The lowest BCUT2D eigenvalue weighted by Crippen LogP contribution is -2.47. The molecule has 0 radical (unpaired) electrons. The third kappa shape index (κ3) is 2.54. The Morgan fingerprint density at radius 1 is 0.952 bits per heavy atom. The van der Waals surface area contributed by atoms with Gasteiger partial charge < -0.3 is 5.73 Å². The van der Waals surface area contributed by atoms with Gasteiger partial charge in [-0.2, -0.15) is 0 Å². The molecular formula is C20H29N. The topological polar surface area (TPSA) is 26.0 Å². The highest BCUT2D eigenvalue weighted by atomic mass is 14.7. The van der Waals surface area contributed by atoms with Gasteiger partial charge in [-0.3, -0.25) is 0 Å². The average Bonchev–Trinajstić information content (AvgIpc) is 2.35. The maximum Gasteiger partial charge on any atom is 0.0300 e. The van der Waals surface area contributed by atoms with Crippen molar-refractivity contribution in [3.8, 4) is 0 Å². The van der Waals surface area contributed by atoms with Gasteiger partial charge in [-0.05, 0) is 87.5 Å². The monoisotopic (exact) mass is 283 g/mol. The van der Waals surface area contributed by atoms with Crippen LogP contribution in [-0.2, 0) is 0 Å². The summed E-state index contributed by atoms with van der Waals surface area (Å²) in [6.45, 7) is 4.38. The standard InChI is InChI=1S/C20H29N/c1-13-3-14(2)5-18(4-13)19(21)12-20-9-15-6-16(10-20)8-17(7-15)11-20/h3-5,15-17,19H,6-12,21H2,1-2H3. The van der Waals surface area contributed by atoms with E-state index < -0.39 is 0 Å². The summed E-state index contributed by atoms with van der Waals surface area (Å²) < 4.78 is 0. The largest absolute Gasteiger partial charge is 0.324 e. The zero-order chi connectivity index (χ0) is 14.6. The molecule has 1 aromatic rings. The molecule has 114 valence electrons. The molecule has 1 atom stereocenters. The van der Waals surface area contributed by atoms with Crippen molar-refractivity contribution in [3.05, 3.63) is 34.9 Å². The molecule has 0 heterocycles. The molecule has 2 N–H and O–H groups in total. The maximum absolute atomic E-state index is 6.65. The first kappa shape index (κ1) is 13.8. The molecule has 0 saturated heterocycles. The van der Waals surface area contributed by atoms with Crippen LogP contribution in [0, 0.1) is 37.0 Å². The van der Waals surface area contributed by atoms with Crippen LogP contribution in [0.3, 0.4) is 0 Å². The second kappa shape index (κ2) is 4.84. The Morgan fingerprint density at radius 2 is 1.43 bits per heavy atom. The number of hydrogen-bond donors (Lipinski definition) is 1. The molecule has 0 aliphatic heterocycles.